The van der Waals surface area contributed by atoms with Crippen LogP contribution in [0.25, 0.3) is 0 Å². The van der Waals surface area contributed by atoms with Crippen LogP contribution >= 0.6 is 0 Å². The lowest BCUT2D eigenvalue weighted by atomic mass is 9.64. The Balaban J connectivity index is 2.00. The standard InChI is InChI=1S/C17H32O2/c18-14-8-7-13-17(19,15-9-3-1-4-10-15)16-11-5-2-6-12-16/h15-16,18-19H,1-14H2. The van der Waals surface area contributed by atoms with Crippen molar-refractivity contribution in [2.75, 3.05) is 6.61 Å². The van der Waals surface area contributed by atoms with Crippen LogP contribution in [0.3, 0.4) is 0 Å². The zero-order valence-corrected chi connectivity index (χ0v) is 12.4. The van der Waals surface area contributed by atoms with Gasteiger partial charge in [0.15, 0.2) is 0 Å². The van der Waals surface area contributed by atoms with Crippen molar-refractivity contribution in [2.24, 2.45) is 11.8 Å². The van der Waals surface area contributed by atoms with E-state index in [4.69, 9.17) is 5.11 Å². The highest BCUT2D eigenvalue weighted by Gasteiger charge is 2.43. The molecule has 19 heavy (non-hydrogen) atoms. The number of aliphatic hydroxyl groups is 2. The summed E-state index contributed by atoms with van der Waals surface area (Å²) >= 11 is 0. The van der Waals surface area contributed by atoms with Crippen LogP contribution in [0.15, 0.2) is 0 Å². The molecular formula is C17H32O2. The maximum Gasteiger partial charge on any atom is 0.0703 e. The van der Waals surface area contributed by atoms with Gasteiger partial charge < -0.3 is 10.2 Å². The van der Waals surface area contributed by atoms with Crippen LogP contribution < -0.4 is 0 Å². The molecule has 0 amide bonds. The molecule has 2 fully saturated rings. The van der Waals surface area contributed by atoms with Gasteiger partial charge in [-0.1, -0.05) is 38.5 Å². The van der Waals surface area contributed by atoms with Crippen LogP contribution in [-0.2, 0) is 0 Å². The maximum atomic E-state index is 11.4. The van der Waals surface area contributed by atoms with Crippen molar-refractivity contribution in [3.63, 3.8) is 0 Å². The highest BCUT2D eigenvalue weighted by atomic mass is 16.3. The van der Waals surface area contributed by atoms with Crippen molar-refractivity contribution >= 4 is 0 Å². The van der Waals surface area contributed by atoms with Gasteiger partial charge in [0.25, 0.3) is 0 Å². The Morgan fingerprint density at radius 3 is 1.63 bits per heavy atom. The predicted octanol–water partition coefficient (Wildman–Crippen LogP) is 4.04. The fourth-order valence-corrected chi connectivity index (χ4v) is 4.47. The van der Waals surface area contributed by atoms with Crippen LogP contribution in [0.1, 0.15) is 83.5 Å². The third kappa shape index (κ3) is 3.95. The molecule has 2 N–H and O–H groups in total. The summed E-state index contributed by atoms with van der Waals surface area (Å²) in [5, 5.41) is 20.4. The summed E-state index contributed by atoms with van der Waals surface area (Å²) in [4.78, 5) is 0. The lowest BCUT2D eigenvalue weighted by Crippen LogP contribution is -2.46. The minimum Gasteiger partial charge on any atom is -0.396 e. The Kier molecular flexibility index (Phi) is 6.15. The third-order valence-electron chi connectivity index (χ3n) is 5.61. The summed E-state index contributed by atoms with van der Waals surface area (Å²) in [5.74, 6) is 1.06. The van der Waals surface area contributed by atoms with Crippen molar-refractivity contribution in [3.8, 4) is 0 Å². The molecule has 0 spiro atoms. The topological polar surface area (TPSA) is 40.5 Å². The quantitative estimate of drug-likeness (QED) is 0.714. The molecule has 2 rings (SSSR count). The first-order chi connectivity index (χ1) is 9.27. The van der Waals surface area contributed by atoms with Crippen molar-refractivity contribution < 1.29 is 10.2 Å². The minimum atomic E-state index is -0.421. The predicted molar refractivity (Wildman–Crippen MR) is 79.0 cm³/mol. The van der Waals surface area contributed by atoms with Gasteiger partial charge in [0.1, 0.15) is 0 Å². The zero-order chi connectivity index (χ0) is 13.6. The average molecular weight is 268 g/mol. The molecule has 0 unspecified atom stereocenters. The summed E-state index contributed by atoms with van der Waals surface area (Å²) in [6, 6.07) is 0. The number of hydrogen-bond acceptors (Lipinski definition) is 2. The Bertz CT molecular complexity index is 222. The van der Waals surface area contributed by atoms with Crippen LogP contribution in [-0.4, -0.2) is 22.4 Å². The summed E-state index contributed by atoms with van der Waals surface area (Å²) in [6.45, 7) is 0.269. The molecule has 0 radical (unpaired) electrons. The fourth-order valence-electron chi connectivity index (χ4n) is 4.47. The molecule has 2 nitrogen and oxygen atoms in total. The fraction of sp³-hybridized carbons (Fsp3) is 1.00. The molecule has 2 heteroatoms. The molecule has 0 aromatic carbocycles. The molecule has 0 bridgehead atoms. The largest absolute Gasteiger partial charge is 0.396 e. The van der Waals surface area contributed by atoms with Gasteiger partial charge in [-0.05, 0) is 56.8 Å². The molecule has 2 saturated carbocycles. The zero-order valence-electron chi connectivity index (χ0n) is 12.4. The second-order valence-corrected chi connectivity index (χ2v) is 6.84. The van der Waals surface area contributed by atoms with E-state index in [-0.39, 0.29) is 6.61 Å². The molecular weight excluding hydrogens is 236 g/mol. The van der Waals surface area contributed by atoms with E-state index in [9.17, 15) is 5.11 Å². The lowest BCUT2D eigenvalue weighted by molar-refractivity contribution is -0.0992. The van der Waals surface area contributed by atoms with Gasteiger partial charge >= 0.3 is 0 Å². The molecule has 2 aliphatic rings. The van der Waals surface area contributed by atoms with Crippen LogP contribution in [0.4, 0.5) is 0 Å². The molecule has 0 aromatic heterocycles. The van der Waals surface area contributed by atoms with Crippen molar-refractivity contribution in [2.45, 2.75) is 89.1 Å². The Morgan fingerprint density at radius 2 is 1.21 bits per heavy atom. The highest BCUT2D eigenvalue weighted by molar-refractivity contribution is 4.94. The smallest absolute Gasteiger partial charge is 0.0703 e. The first kappa shape index (κ1) is 15.3. The molecule has 0 aromatic rings. The van der Waals surface area contributed by atoms with E-state index in [0.29, 0.717) is 11.8 Å². The average Bonchev–Trinajstić information content (AvgIpc) is 2.49. The van der Waals surface area contributed by atoms with Gasteiger partial charge in [-0.25, -0.2) is 0 Å². The molecule has 0 saturated heterocycles. The van der Waals surface area contributed by atoms with Gasteiger partial charge in [0, 0.05) is 6.61 Å². The van der Waals surface area contributed by atoms with Gasteiger partial charge in [-0.2, -0.15) is 0 Å². The highest BCUT2D eigenvalue weighted by Crippen LogP contribution is 2.45. The van der Waals surface area contributed by atoms with Crippen molar-refractivity contribution in [3.05, 3.63) is 0 Å². The Hall–Kier alpha value is -0.0800. The van der Waals surface area contributed by atoms with Gasteiger partial charge in [0.2, 0.25) is 0 Å². The second kappa shape index (κ2) is 7.64. The van der Waals surface area contributed by atoms with E-state index in [1.165, 1.54) is 64.2 Å². The lowest BCUT2D eigenvalue weighted by Gasteiger charge is -2.46. The Morgan fingerprint density at radius 1 is 0.737 bits per heavy atom. The number of hydrogen-bond donors (Lipinski definition) is 2. The number of rotatable bonds is 6. The molecule has 112 valence electrons. The number of aliphatic hydroxyl groups excluding tert-OH is 1. The SMILES string of the molecule is OCCCCC(O)(C1CCCCC1)C1CCCCC1. The van der Waals surface area contributed by atoms with Gasteiger partial charge in [-0.15, -0.1) is 0 Å². The van der Waals surface area contributed by atoms with Crippen molar-refractivity contribution in [1.82, 2.24) is 0 Å². The first-order valence-electron chi connectivity index (χ1n) is 8.60. The monoisotopic (exact) mass is 268 g/mol. The summed E-state index contributed by atoms with van der Waals surface area (Å²) in [6.07, 6.45) is 15.6. The second-order valence-electron chi connectivity index (χ2n) is 6.84. The molecule has 0 atom stereocenters. The van der Waals surface area contributed by atoms with Crippen molar-refractivity contribution in [1.29, 1.82) is 0 Å². The van der Waals surface area contributed by atoms with E-state index in [1.54, 1.807) is 0 Å². The minimum absolute atomic E-state index is 0.269. The van der Waals surface area contributed by atoms with E-state index in [1.807, 2.05) is 0 Å². The summed E-state index contributed by atoms with van der Waals surface area (Å²) in [7, 11) is 0. The Labute approximate surface area is 118 Å². The van der Waals surface area contributed by atoms with E-state index < -0.39 is 5.60 Å². The van der Waals surface area contributed by atoms with Crippen LogP contribution in [0.2, 0.25) is 0 Å². The molecule has 2 aliphatic carbocycles. The maximum absolute atomic E-state index is 11.4. The molecule has 0 heterocycles. The van der Waals surface area contributed by atoms with Gasteiger partial charge in [0.05, 0.1) is 5.60 Å². The third-order valence-corrected chi connectivity index (χ3v) is 5.61. The molecule has 0 aliphatic heterocycles. The van der Waals surface area contributed by atoms with Crippen LogP contribution in [0, 0.1) is 11.8 Å². The normalized spacial score (nSPS) is 23.7. The van der Waals surface area contributed by atoms with Gasteiger partial charge in [-0.3, -0.25) is 0 Å². The van der Waals surface area contributed by atoms with E-state index in [2.05, 4.69) is 0 Å². The first-order valence-corrected chi connectivity index (χ1v) is 8.60. The number of unbranched alkanes of at least 4 members (excludes halogenated alkanes) is 1. The van der Waals surface area contributed by atoms with E-state index >= 15 is 0 Å². The summed E-state index contributed by atoms with van der Waals surface area (Å²) in [5.41, 5.74) is -0.421. The summed E-state index contributed by atoms with van der Waals surface area (Å²) < 4.78 is 0. The van der Waals surface area contributed by atoms with E-state index in [0.717, 1.165) is 19.3 Å². The van der Waals surface area contributed by atoms with Crippen LogP contribution in [0.5, 0.6) is 0 Å².